The van der Waals surface area contributed by atoms with Crippen LogP contribution in [0.25, 0.3) is 5.65 Å². The number of aromatic carboxylic acids is 1. The lowest BCUT2D eigenvalue weighted by Gasteiger charge is -2.09. The van der Waals surface area contributed by atoms with Crippen LogP contribution in [0.1, 0.15) is 47.4 Å². The summed E-state index contributed by atoms with van der Waals surface area (Å²) in [5.41, 5.74) is 2.24. The molecule has 0 aromatic carbocycles. The van der Waals surface area contributed by atoms with E-state index in [1.165, 1.54) is 10.9 Å². The molecule has 28 heavy (non-hydrogen) atoms. The van der Waals surface area contributed by atoms with E-state index in [-0.39, 0.29) is 18.8 Å². The molecule has 10 heteroatoms. The van der Waals surface area contributed by atoms with Crippen LogP contribution in [0.3, 0.4) is 0 Å². The number of carboxylic acid groups (broad SMARTS) is 1. The molecule has 0 saturated heterocycles. The van der Waals surface area contributed by atoms with Crippen LogP contribution in [-0.4, -0.2) is 54.6 Å². The summed E-state index contributed by atoms with van der Waals surface area (Å²) >= 11 is 0. The molecule has 146 valence electrons. The van der Waals surface area contributed by atoms with E-state index in [0.717, 1.165) is 18.4 Å². The molecule has 1 aliphatic carbocycles. The fourth-order valence-corrected chi connectivity index (χ4v) is 2.94. The van der Waals surface area contributed by atoms with Crippen molar-refractivity contribution in [3.8, 4) is 5.75 Å². The second kappa shape index (κ2) is 7.29. The van der Waals surface area contributed by atoms with Crippen molar-refractivity contribution in [3.05, 3.63) is 41.6 Å². The Kier molecular flexibility index (Phi) is 4.68. The summed E-state index contributed by atoms with van der Waals surface area (Å²) in [4.78, 5) is 27.1. The van der Waals surface area contributed by atoms with E-state index in [2.05, 4.69) is 15.3 Å². The Bertz CT molecular complexity index is 1040. The van der Waals surface area contributed by atoms with E-state index < -0.39 is 11.9 Å². The highest BCUT2D eigenvalue weighted by Gasteiger charge is 2.25. The average molecular weight is 385 g/mol. The van der Waals surface area contributed by atoms with Gasteiger partial charge in [-0.25, -0.2) is 19.3 Å². The van der Waals surface area contributed by atoms with E-state index in [1.54, 1.807) is 6.92 Å². The van der Waals surface area contributed by atoms with Crippen LogP contribution in [0.5, 0.6) is 5.75 Å². The van der Waals surface area contributed by atoms with Crippen LogP contribution >= 0.6 is 0 Å². The number of fused-ring (bicyclic) bond motifs is 1. The first-order valence-corrected chi connectivity index (χ1v) is 8.97. The van der Waals surface area contributed by atoms with Gasteiger partial charge in [-0.15, -0.1) is 5.10 Å². The molecule has 0 spiro atoms. The molecular formula is C18H19N5O5. The molecule has 0 bridgehead atoms. The Labute approximate surface area is 159 Å². The smallest absolute Gasteiger partial charge is 0.358 e. The van der Waals surface area contributed by atoms with Crippen LogP contribution < -0.4 is 4.74 Å². The fraction of sp³-hybridized carbons (Fsp3) is 0.389. The zero-order valence-electron chi connectivity index (χ0n) is 15.2. The number of ether oxygens (including phenoxy) is 2. The van der Waals surface area contributed by atoms with E-state index in [9.17, 15) is 9.59 Å². The molecule has 4 rings (SSSR count). The van der Waals surface area contributed by atoms with Crippen molar-refractivity contribution in [2.75, 3.05) is 13.2 Å². The first-order chi connectivity index (χ1) is 13.5. The van der Waals surface area contributed by atoms with E-state index in [1.807, 2.05) is 22.9 Å². The molecule has 0 radical (unpaired) electrons. The Hall–Kier alpha value is -3.43. The maximum absolute atomic E-state index is 11.6. The van der Waals surface area contributed by atoms with Crippen LogP contribution in [0.15, 0.2) is 24.7 Å². The Morgan fingerprint density at radius 3 is 2.79 bits per heavy atom. The molecule has 3 aromatic rings. The summed E-state index contributed by atoms with van der Waals surface area (Å²) in [6.45, 7) is 2.11. The normalized spacial score (nSPS) is 13.6. The van der Waals surface area contributed by atoms with E-state index in [4.69, 9.17) is 14.6 Å². The third-order valence-electron chi connectivity index (χ3n) is 4.37. The number of aromatic nitrogens is 5. The lowest BCUT2D eigenvalue weighted by Crippen LogP contribution is -2.15. The number of carboxylic acids is 1. The monoisotopic (exact) mass is 385 g/mol. The number of carbonyl (C=O) groups excluding carboxylic acids is 1. The van der Waals surface area contributed by atoms with Crippen molar-refractivity contribution in [1.82, 2.24) is 24.4 Å². The number of carbonyl (C=O) groups is 2. The minimum absolute atomic E-state index is 0.127. The number of esters is 1. The summed E-state index contributed by atoms with van der Waals surface area (Å²) in [7, 11) is 0. The lowest BCUT2D eigenvalue weighted by molar-refractivity contribution is -0.145. The highest BCUT2D eigenvalue weighted by atomic mass is 16.6. The Morgan fingerprint density at radius 1 is 1.29 bits per heavy atom. The summed E-state index contributed by atoms with van der Waals surface area (Å²) in [5.74, 6) is -0.569. The third-order valence-corrected chi connectivity index (χ3v) is 4.37. The van der Waals surface area contributed by atoms with Gasteiger partial charge in [0.15, 0.2) is 23.7 Å². The first kappa shape index (κ1) is 18.0. The van der Waals surface area contributed by atoms with Gasteiger partial charge in [-0.1, -0.05) is 5.21 Å². The largest absolute Gasteiger partial charge is 0.478 e. The zero-order chi connectivity index (χ0) is 19.7. The Balaban J connectivity index is 1.61. The van der Waals surface area contributed by atoms with Gasteiger partial charge in [0, 0.05) is 12.4 Å². The lowest BCUT2D eigenvalue weighted by atomic mass is 10.2. The minimum atomic E-state index is -1.13. The van der Waals surface area contributed by atoms with Crippen LogP contribution in [0.4, 0.5) is 0 Å². The van der Waals surface area contributed by atoms with Gasteiger partial charge in [0.05, 0.1) is 25.0 Å². The van der Waals surface area contributed by atoms with Crippen molar-refractivity contribution in [3.63, 3.8) is 0 Å². The number of hydrogen-bond acceptors (Lipinski definition) is 7. The van der Waals surface area contributed by atoms with Gasteiger partial charge < -0.3 is 19.0 Å². The molecule has 1 aliphatic rings. The number of hydrogen-bond donors (Lipinski definition) is 1. The fourth-order valence-electron chi connectivity index (χ4n) is 2.94. The molecule has 0 amide bonds. The summed E-state index contributed by atoms with van der Waals surface area (Å²) in [6.07, 6.45) is 7.44. The SMILES string of the molecule is CCOC(=O)COc1cc(C2CC2)cn2cc(Cn3cc(C(=O)O)nn3)nc12. The van der Waals surface area contributed by atoms with Crippen LogP contribution in [-0.2, 0) is 16.1 Å². The topological polar surface area (TPSA) is 121 Å². The zero-order valence-corrected chi connectivity index (χ0v) is 15.2. The van der Waals surface area contributed by atoms with Gasteiger partial charge in [-0.3, -0.25) is 0 Å². The molecule has 0 aliphatic heterocycles. The number of nitrogens with zero attached hydrogens (tertiary/aromatic N) is 5. The standard InChI is InChI=1S/C18H19N5O5/c1-2-27-16(24)10-28-15-5-12(11-3-4-11)6-22-7-13(19-17(15)22)8-23-9-14(18(25)26)20-21-23/h5-7,9,11H,2-4,8,10H2,1H3,(H,25,26). The van der Waals surface area contributed by atoms with Gasteiger partial charge in [-0.05, 0) is 37.3 Å². The van der Waals surface area contributed by atoms with Crippen molar-refractivity contribution >= 4 is 17.6 Å². The van der Waals surface area contributed by atoms with Crippen molar-refractivity contribution in [1.29, 1.82) is 0 Å². The molecule has 0 atom stereocenters. The molecule has 3 heterocycles. The molecule has 1 saturated carbocycles. The Morgan fingerprint density at radius 2 is 2.11 bits per heavy atom. The predicted molar refractivity (Wildman–Crippen MR) is 95.4 cm³/mol. The molecule has 1 N–H and O–H groups in total. The number of pyridine rings is 1. The first-order valence-electron chi connectivity index (χ1n) is 8.97. The number of rotatable bonds is 8. The summed E-state index contributed by atoms with van der Waals surface area (Å²) < 4.78 is 13.9. The maximum atomic E-state index is 11.6. The summed E-state index contributed by atoms with van der Waals surface area (Å²) in [6, 6.07) is 1.92. The van der Waals surface area contributed by atoms with Gasteiger partial charge in [0.2, 0.25) is 0 Å². The molecule has 3 aromatic heterocycles. The predicted octanol–water partition coefficient (Wildman–Crippen LogP) is 1.49. The van der Waals surface area contributed by atoms with Gasteiger partial charge >= 0.3 is 11.9 Å². The highest BCUT2D eigenvalue weighted by molar-refractivity contribution is 5.84. The second-order valence-electron chi connectivity index (χ2n) is 6.58. The van der Waals surface area contributed by atoms with Crippen molar-refractivity contribution in [2.45, 2.75) is 32.2 Å². The van der Waals surface area contributed by atoms with Gasteiger partial charge in [0.1, 0.15) is 0 Å². The van der Waals surface area contributed by atoms with E-state index in [0.29, 0.717) is 29.6 Å². The van der Waals surface area contributed by atoms with Gasteiger partial charge in [-0.2, -0.15) is 0 Å². The molecule has 10 nitrogen and oxygen atoms in total. The highest BCUT2D eigenvalue weighted by Crippen LogP contribution is 2.41. The maximum Gasteiger partial charge on any atom is 0.358 e. The van der Waals surface area contributed by atoms with Crippen molar-refractivity contribution < 1.29 is 24.2 Å². The molecular weight excluding hydrogens is 366 g/mol. The van der Waals surface area contributed by atoms with Crippen LogP contribution in [0, 0.1) is 0 Å². The second-order valence-corrected chi connectivity index (χ2v) is 6.58. The number of imidazole rings is 1. The van der Waals surface area contributed by atoms with Crippen molar-refractivity contribution in [2.24, 2.45) is 0 Å². The molecule has 0 unspecified atom stereocenters. The average Bonchev–Trinajstić information content (AvgIpc) is 3.27. The minimum Gasteiger partial charge on any atom is -0.478 e. The molecule has 1 fully saturated rings. The quantitative estimate of drug-likeness (QED) is 0.579. The van der Waals surface area contributed by atoms with Crippen LogP contribution in [0.2, 0.25) is 0 Å². The third kappa shape index (κ3) is 3.80. The van der Waals surface area contributed by atoms with E-state index >= 15 is 0 Å². The van der Waals surface area contributed by atoms with Gasteiger partial charge in [0.25, 0.3) is 0 Å². The summed E-state index contributed by atoms with van der Waals surface area (Å²) in [5, 5.41) is 16.4.